The second kappa shape index (κ2) is 4.94. The molecule has 0 spiro atoms. The van der Waals surface area contributed by atoms with Gasteiger partial charge in [0, 0.05) is 0 Å². The Bertz CT molecular complexity index is 512. The fraction of sp³-hybridized carbons (Fsp3) is 0.562. The van der Waals surface area contributed by atoms with Crippen molar-refractivity contribution in [3.05, 3.63) is 35.1 Å². The number of hydrogen-bond donors (Lipinski definition) is 0. The van der Waals surface area contributed by atoms with Crippen molar-refractivity contribution in [2.75, 3.05) is 13.1 Å². The van der Waals surface area contributed by atoms with Gasteiger partial charge in [0.15, 0.2) is 0 Å². The van der Waals surface area contributed by atoms with Crippen molar-refractivity contribution in [3.63, 3.8) is 0 Å². The molecule has 1 unspecified atom stereocenters. The molecule has 19 heavy (non-hydrogen) atoms. The van der Waals surface area contributed by atoms with Gasteiger partial charge in [-0.1, -0.05) is 18.9 Å². The molecule has 1 heterocycles. The summed E-state index contributed by atoms with van der Waals surface area (Å²) in [5.41, 5.74) is 1.55. The molecule has 1 fully saturated rings. The number of hydrogen-bond acceptors (Lipinski definition) is 2. The van der Waals surface area contributed by atoms with Gasteiger partial charge >= 0.3 is 0 Å². The number of halogens is 1. The van der Waals surface area contributed by atoms with E-state index in [1.54, 1.807) is 6.07 Å². The number of rotatable bonds is 1. The Morgan fingerprint density at radius 1 is 1.16 bits per heavy atom. The van der Waals surface area contributed by atoms with Crippen LogP contribution in [0.2, 0.25) is 0 Å². The molecule has 1 atom stereocenters. The highest BCUT2D eigenvalue weighted by Crippen LogP contribution is 2.42. The zero-order valence-corrected chi connectivity index (χ0v) is 11.2. The van der Waals surface area contributed by atoms with Gasteiger partial charge in [-0.15, -0.1) is 0 Å². The fourth-order valence-electron chi connectivity index (χ4n) is 3.59. The minimum Gasteiger partial charge on any atom is -0.282 e. The molecule has 2 nitrogen and oxygen atoms in total. The monoisotopic (exact) mass is 258 g/mol. The van der Waals surface area contributed by atoms with E-state index in [0.717, 1.165) is 37.1 Å². The van der Waals surface area contributed by atoms with Gasteiger partial charge in [-0.3, -0.25) is 4.90 Å². The molecule has 0 bridgehead atoms. The lowest BCUT2D eigenvalue weighted by Gasteiger charge is -2.36. The van der Waals surface area contributed by atoms with Gasteiger partial charge in [-0.05, 0) is 62.0 Å². The van der Waals surface area contributed by atoms with Crippen molar-refractivity contribution < 1.29 is 4.39 Å². The number of aryl methyl sites for hydroxylation is 1. The number of likely N-dealkylation sites (tertiary alicyclic amines) is 1. The molecule has 0 N–H and O–H groups in total. The van der Waals surface area contributed by atoms with E-state index < -0.39 is 5.54 Å². The Morgan fingerprint density at radius 3 is 2.58 bits per heavy atom. The van der Waals surface area contributed by atoms with Crippen LogP contribution in [0.25, 0.3) is 0 Å². The number of nitrogens with zero attached hydrogens (tertiary/aromatic N) is 2. The lowest BCUT2D eigenvalue weighted by molar-refractivity contribution is 0.142. The number of nitriles is 1. The molecular weight excluding hydrogens is 239 g/mol. The van der Waals surface area contributed by atoms with E-state index in [-0.39, 0.29) is 5.82 Å². The SMILES string of the molecule is N#CC1(N2CCCCCC2)CCc2cc(F)ccc21. The lowest BCUT2D eigenvalue weighted by atomic mass is 9.91. The maximum absolute atomic E-state index is 13.3. The highest BCUT2D eigenvalue weighted by molar-refractivity contribution is 5.43. The van der Waals surface area contributed by atoms with Gasteiger partial charge in [0.2, 0.25) is 0 Å². The van der Waals surface area contributed by atoms with Gasteiger partial charge in [-0.2, -0.15) is 5.26 Å². The first-order chi connectivity index (χ1) is 9.26. The molecule has 0 radical (unpaired) electrons. The second-order valence-corrected chi connectivity index (χ2v) is 5.67. The molecule has 1 aromatic rings. The third-order valence-electron chi connectivity index (χ3n) is 4.60. The maximum atomic E-state index is 13.3. The van der Waals surface area contributed by atoms with Crippen molar-refractivity contribution in [2.24, 2.45) is 0 Å². The number of fused-ring (bicyclic) bond motifs is 1. The summed E-state index contributed by atoms with van der Waals surface area (Å²) in [4.78, 5) is 2.34. The Balaban J connectivity index is 2.00. The molecule has 0 amide bonds. The van der Waals surface area contributed by atoms with Crippen LogP contribution < -0.4 is 0 Å². The fourth-order valence-corrected chi connectivity index (χ4v) is 3.59. The van der Waals surface area contributed by atoms with Crippen molar-refractivity contribution in [3.8, 4) is 6.07 Å². The van der Waals surface area contributed by atoms with E-state index in [9.17, 15) is 9.65 Å². The predicted molar refractivity (Wildman–Crippen MR) is 72.1 cm³/mol. The van der Waals surface area contributed by atoms with E-state index in [1.807, 2.05) is 6.07 Å². The molecular formula is C16H19FN2. The van der Waals surface area contributed by atoms with E-state index >= 15 is 0 Å². The van der Waals surface area contributed by atoms with E-state index in [1.165, 1.54) is 31.7 Å². The normalized spacial score (nSPS) is 27.6. The molecule has 2 aliphatic rings. The first-order valence-corrected chi connectivity index (χ1v) is 7.21. The summed E-state index contributed by atoms with van der Waals surface area (Å²) in [6.45, 7) is 1.98. The predicted octanol–water partition coefficient (Wildman–Crippen LogP) is 3.37. The summed E-state index contributed by atoms with van der Waals surface area (Å²) in [5, 5.41) is 9.79. The van der Waals surface area contributed by atoms with Crippen LogP contribution >= 0.6 is 0 Å². The van der Waals surface area contributed by atoms with Gasteiger partial charge in [0.25, 0.3) is 0 Å². The third kappa shape index (κ3) is 2.04. The highest BCUT2D eigenvalue weighted by atomic mass is 19.1. The lowest BCUT2D eigenvalue weighted by Crippen LogP contribution is -2.44. The highest BCUT2D eigenvalue weighted by Gasteiger charge is 2.44. The van der Waals surface area contributed by atoms with Gasteiger partial charge < -0.3 is 0 Å². The second-order valence-electron chi connectivity index (χ2n) is 5.67. The van der Waals surface area contributed by atoms with Crippen LogP contribution in [0.4, 0.5) is 4.39 Å². The summed E-state index contributed by atoms with van der Waals surface area (Å²) in [6, 6.07) is 7.48. The van der Waals surface area contributed by atoms with E-state index in [2.05, 4.69) is 11.0 Å². The first kappa shape index (κ1) is 12.6. The molecule has 1 saturated heterocycles. The van der Waals surface area contributed by atoms with Gasteiger partial charge in [-0.25, -0.2) is 4.39 Å². The topological polar surface area (TPSA) is 27.0 Å². The van der Waals surface area contributed by atoms with Crippen LogP contribution in [0.3, 0.4) is 0 Å². The summed E-state index contributed by atoms with van der Waals surface area (Å²) < 4.78 is 13.3. The molecule has 1 aliphatic heterocycles. The summed E-state index contributed by atoms with van der Waals surface area (Å²) in [7, 11) is 0. The van der Waals surface area contributed by atoms with Gasteiger partial charge in [0.1, 0.15) is 11.4 Å². The van der Waals surface area contributed by atoms with E-state index in [0.29, 0.717) is 0 Å². The average Bonchev–Trinajstić information content (AvgIpc) is 2.62. The Morgan fingerprint density at radius 2 is 1.89 bits per heavy atom. The molecule has 0 aromatic heterocycles. The van der Waals surface area contributed by atoms with Crippen molar-refractivity contribution in [1.29, 1.82) is 5.26 Å². The maximum Gasteiger partial charge on any atom is 0.135 e. The van der Waals surface area contributed by atoms with Crippen LogP contribution in [0.5, 0.6) is 0 Å². The molecule has 0 saturated carbocycles. The smallest absolute Gasteiger partial charge is 0.135 e. The van der Waals surface area contributed by atoms with Crippen LogP contribution in [0.1, 0.15) is 43.2 Å². The van der Waals surface area contributed by atoms with E-state index in [4.69, 9.17) is 0 Å². The average molecular weight is 258 g/mol. The van der Waals surface area contributed by atoms with Crippen molar-refractivity contribution in [1.82, 2.24) is 4.90 Å². The Hall–Kier alpha value is -1.40. The Labute approximate surface area is 113 Å². The molecule has 1 aliphatic carbocycles. The molecule has 100 valence electrons. The first-order valence-electron chi connectivity index (χ1n) is 7.21. The zero-order chi connectivity index (χ0) is 13.3. The van der Waals surface area contributed by atoms with Crippen LogP contribution in [-0.2, 0) is 12.0 Å². The third-order valence-corrected chi connectivity index (χ3v) is 4.60. The standard InChI is InChI=1S/C16H19FN2/c17-14-5-6-15-13(11-14)7-8-16(15,12-18)19-9-3-1-2-4-10-19/h5-6,11H,1-4,7-10H2. The van der Waals surface area contributed by atoms with Crippen LogP contribution in [0.15, 0.2) is 18.2 Å². The molecule has 1 aromatic carbocycles. The largest absolute Gasteiger partial charge is 0.282 e. The minimum atomic E-state index is -0.507. The van der Waals surface area contributed by atoms with Crippen LogP contribution in [-0.4, -0.2) is 18.0 Å². The van der Waals surface area contributed by atoms with Crippen molar-refractivity contribution >= 4 is 0 Å². The van der Waals surface area contributed by atoms with Gasteiger partial charge in [0.05, 0.1) is 6.07 Å². The summed E-state index contributed by atoms with van der Waals surface area (Å²) >= 11 is 0. The van der Waals surface area contributed by atoms with Crippen LogP contribution in [0, 0.1) is 17.1 Å². The summed E-state index contributed by atoms with van der Waals surface area (Å²) in [6.07, 6.45) is 6.47. The Kier molecular flexibility index (Phi) is 3.28. The minimum absolute atomic E-state index is 0.191. The quantitative estimate of drug-likeness (QED) is 0.772. The van der Waals surface area contributed by atoms with Crippen molar-refractivity contribution in [2.45, 2.75) is 44.1 Å². The molecule has 3 heteroatoms. The molecule has 3 rings (SSSR count). The number of benzene rings is 1. The summed E-state index contributed by atoms with van der Waals surface area (Å²) in [5.74, 6) is -0.191. The zero-order valence-electron chi connectivity index (χ0n) is 11.2.